The normalized spacial score (nSPS) is 30.7. The number of hydrogen-bond donors (Lipinski definition) is 0. The molecule has 1 aliphatic heterocycles. The standard InChI is InChI=1S/C28H22N4O2/c29-12-16-5-1-2-6-17(16)14-31-15-18(19-7-3-4-8-24(19)31)13-30-32-27(33)25-20-9-10-21(23-11-22(20)23)26(25)28(32)34/h1-10,13,15,20-23,25-26H,11,14H2/b30-13-/t20-,21-,22-,23-,25+,26+/m1/s1. The van der Waals surface area contributed by atoms with Crippen molar-refractivity contribution in [3.8, 4) is 6.07 Å². The van der Waals surface area contributed by atoms with E-state index in [4.69, 9.17) is 0 Å². The molecule has 34 heavy (non-hydrogen) atoms. The summed E-state index contributed by atoms with van der Waals surface area (Å²) >= 11 is 0. The van der Waals surface area contributed by atoms with Crippen LogP contribution >= 0.6 is 0 Å². The summed E-state index contributed by atoms with van der Waals surface area (Å²) in [5.74, 6) is 0.750. The van der Waals surface area contributed by atoms with Gasteiger partial charge in [0.05, 0.1) is 29.7 Å². The molecule has 0 N–H and O–H groups in total. The van der Waals surface area contributed by atoms with Gasteiger partial charge in [0.15, 0.2) is 0 Å². The van der Waals surface area contributed by atoms with Crippen molar-refractivity contribution in [3.05, 3.63) is 83.6 Å². The van der Waals surface area contributed by atoms with Crippen LogP contribution in [0.3, 0.4) is 0 Å². The fourth-order valence-corrected chi connectivity index (χ4v) is 6.63. The molecule has 8 rings (SSSR count). The summed E-state index contributed by atoms with van der Waals surface area (Å²) in [4.78, 5) is 26.5. The van der Waals surface area contributed by atoms with E-state index in [0.717, 1.165) is 33.5 Å². The van der Waals surface area contributed by atoms with Gasteiger partial charge >= 0.3 is 0 Å². The van der Waals surface area contributed by atoms with E-state index in [0.29, 0.717) is 23.9 Å². The summed E-state index contributed by atoms with van der Waals surface area (Å²) in [5, 5.41) is 16.0. The molecular weight excluding hydrogens is 424 g/mol. The zero-order valence-corrected chi connectivity index (χ0v) is 18.4. The molecule has 0 radical (unpaired) electrons. The lowest BCUT2D eigenvalue weighted by molar-refractivity contribution is -0.140. The van der Waals surface area contributed by atoms with Crippen LogP contribution in [-0.4, -0.2) is 27.6 Å². The number of amides is 2. The Morgan fingerprint density at radius 3 is 2.38 bits per heavy atom. The highest BCUT2D eigenvalue weighted by atomic mass is 16.2. The van der Waals surface area contributed by atoms with Gasteiger partial charge in [0.25, 0.3) is 11.8 Å². The van der Waals surface area contributed by atoms with Crippen molar-refractivity contribution in [2.75, 3.05) is 0 Å². The smallest absolute Gasteiger partial charge is 0.254 e. The Morgan fingerprint density at radius 1 is 0.971 bits per heavy atom. The van der Waals surface area contributed by atoms with Crippen LogP contribution < -0.4 is 0 Å². The van der Waals surface area contributed by atoms with Gasteiger partial charge in [-0.25, -0.2) is 0 Å². The Labute approximate surface area is 196 Å². The van der Waals surface area contributed by atoms with Gasteiger partial charge in [-0.3, -0.25) is 9.59 Å². The van der Waals surface area contributed by atoms with Crippen LogP contribution in [0.25, 0.3) is 10.9 Å². The monoisotopic (exact) mass is 446 g/mol. The first-order valence-corrected chi connectivity index (χ1v) is 11.8. The highest BCUT2D eigenvalue weighted by molar-refractivity contribution is 6.07. The minimum Gasteiger partial charge on any atom is -0.342 e. The van der Waals surface area contributed by atoms with Crippen molar-refractivity contribution in [2.45, 2.75) is 13.0 Å². The first-order valence-electron chi connectivity index (χ1n) is 11.8. The van der Waals surface area contributed by atoms with Gasteiger partial charge in [0, 0.05) is 29.2 Å². The Balaban J connectivity index is 1.22. The van der Waals surface area contributed by atoms with Crippen LogP contribution in [0.15, 0.2) is 72.0 Å². The Hall–Kier alpha value is -3.98. The number of fused-ring (bicyclic) bond motifs is 1. The molecule has 1 aromatic heterocycles. The van der Waals surface area contributed by atoms with E-state index in [2.05, 4.69) is 27.9 Å². The molecule has 0 unspecified atom stereocenters. The summed E-state index contributed by atoms with van der Waals surface area (Å²) in [6.45, 7) is 0.543. The average Bonchev–Trinajstić information content (AvgIpc) is 3.58. The van der Waals surface area contributed by atoms with Crippen LogP contribution in [-0.2, 0) is 16.1 Å². The van der Waals surface area contributed by atoms with Crippen LogP contribution in [0, 0.1) is 46.8 Å². The molecule has 2 heterocycles. The molecule has 6 heteroatoms. The number of allylic oxidation sites excluding steroid dienone is 2. The topological polar surface area (TPSA) is 78.5 Å². The fraction of sp³-hybridized carbons (Fsp3) is 0.286. The molecule has 3 fully saturated rings. The van der Waals surface area contributed by atoms with E-state index < -0.39 is 0 Å². The highest BCUT2D eigenvalue weighted by Crippen LogP contribution is 2.65. The van der Waals surface area contributed by atoms with Crippen molar-refractivity contribution in [2.24, 2.45) is 40.6 Å². The third-order valence-electron chi connectivity index (χ3n) is 8.25. The molecule has 2 aromatic carbocycles. The van der Waals surface area contributed by atoms with Gasteiger partial charge < -0.3 is 4.57 Å². The zero-order chi connectivity index (χ0) is 23.0. The number of hydrogen-bond acceptors (Lipinski definition) is 4. The number of carbonyl (C=O) groups is 2. The number of para-hydroxylation sites is 1. The van der Waals surface area contributed by atoms with Gasteiger partial charge in [0.1, 0.15) is 0 Å². The fourth-order valence-electron chi connectivity index (χ4n) is 6.63. The predicted octanol–water partition coefficient (Wildman–Crippen LogP) is 3.95. The predicted molar refractivity (Wildman–Crippen MR) is 126 cm³/mol. The van der Waals surface area contributed by atoms with E-state index >= 15 is 0 Å². The lowest BCUT2D eigenvalue weighted by atomic mass is 9.63. The van der Waals surface area contributed by atoms with E-state index in [9.17, 15) is 14.9 Å². The number of carbonyl (C=O) groups excluding carboxylic acids is 2. The first kappa shape index (κ1) is 19.5. The summed E-state index contributed by atoms with van der Waals surface area (Å²) in [7, 11) is 0. The molecule has 1 saturated heterocycles. The quantitative estimate of drug-likeness (QED) is 0.346. The van der Waals surface area contributed by atoms with Crippen molar-refractivity contribution in [3.63, 3.8) is 0 Å². The maximum absolute atomic E-state index is 13.2. The lowest BCUT2D eigenvalue weighted by Crippen LogP contribution is -2.40. The second-order valence-corrected chi connectivity index (χ2v) is 9.89. The van der Waals surface area contributed by atoms with Gasteiger partial charge in [-0.2, -0.15) is 15.4 Å². The van der Waals surface area contributed by atoms with Crippen LogP contribution in [0.1, 0.15) is 23.1 Å². The average molecular weight is 447 g/mol. The van der Waals surface area contributed by atoms with Gasteiger partial charge in [-0.05, 0) is 47.8 Å². The first-order chi connectivity index (χ1) is 16.7. The van der Waals surface area contributed by atoms with Crippen molar-refractivity contribution < 1.29 is 9.59 Å². The summed E-state index contributed by atoms with van der Waals surface area (Å²) < 4.78 is 2.08. The molecule has 6 atom stereocenters. The number of benzene rings is 2. The molecule has 2 saturated carbocycles. The minimum atomic E-state index is -0.243. The highest BCUT2D eigenvalue weighted by Gasteiger charge is 2.67. The molecule has 6 nitrogen and oxygen atoms in total. The number of nitrogens with zero attached hydrogens (tertiary/aromatic N) is 4. The third kappa shape index (κ3) is 2.64. The number of nitriles is 1. The number of rotatable bonds is 4. The van der Waals surface area contributed by atoms with Gasteiger partial charge in [-0.1, -0.05) is 48.6 Å². The largest absolute Gasteiger partial charge is 0.342 e. The molecule has 3 aromatic rings. The summed E-state index contributed by atoms with van der Waals surface area (Å²) in [5.41, 5.74) is 3.42. The SMILES string of the molecule is N#Cc1ccccc1Cn1cc(/C=N\N2C(=O)[C@H]3[C@@H]4C=C[C@H]([C@H]5C[C@H]45)[C@@H]3C2=O)c2ccccc21. The number of hydrazone groups is 1. The molecule has 2 amide bonds. The molecule has 5 aliphatic rings. The molecule has 2 bridgehead atoms. The van der Waals surface area contributed by atoms with Crippen LogP contribution in [0.2, 0.25) is 0 Å². The van der Waals surface area contributed by atoms with Gasteiger partial charge in [0.2, 0.25) is 0 Å². The summed E-state index contributed by atoms with van der Waals surface area (Å²) in [6.07, 6.45) is 9.10. The van der Waals surface area contributed by atoms with Gasteiger partial charge in [-0.15, -0.1) is 0 Å². The maximum atomic E-state index is 13.2. The lowest BCUT2D eigenvalue weighted by Gasteiger charge is -2.37. The maximum Gasteiger partial charge on any atom is 0.254 e. The van der Waals surface area contributed by atoms with Crippen molar-refractivity contribution in [1.82, 2.24) is 9.58 Å². The van der Waals surface area contributed by atoms with E-state index in [1.165, 1.54) is 0 Å². The zero-order valence-electron chi connectivity index (χ0n) is 18.4. The van der Waals surface area contributed by atoms with Crippen LogP contribution in [0.4, 0.5) is 0 Å². The van der Waals surface area contributed by atoms with E-state index in [-0.39, 0.29) is 35.5 Å². The van der Waals surface area contributed by atoms with Crippen molar-refractivity contribution in [1.29, 1.82) is 5.26 Å². The van der Waals surface area contributed by atoms with Crippen molar-refractivity contribution >= 4 is 28.9 Å². The third-order valence-corrected chi connectivity index (χ3v) is 8.25. The molecule has 0 spiro atoms. The Bertz CT molecular complexity index is 1440. The molecular formula is C28H22N4O2. The summed E-state index contributed by atoms with van der Waals surface area (Å²) in [6, 6.07) is 17.8. The molecule has 166 valence electrons. The molecule has 4 aliphatic carbocycles. The number of imide groups is 1. The Kier molecular flexibility index (Phi) is 4.02. The Morgan fingerprint density at radius 2 is 1.65 bits per heavy atom. The second kappa shape index (κ2) is 7.01. The van der Waals surface area contributed by atoms with Crippen LogP contribution in [0.5, 0.6) is 0 Å². The second-order valence-electron chi connectivity index (χ2n) is 9.89. The minimum absolute atomic E-state index is 0.150. The van der Waals surface area contributed by atoms with E-state index in [1.807, 2.05) is 54.7 Å². The van der Waals surface area contributed by atoms with E-state index in [1.54, 1.807) is 6.21 Å². The number of aromatic nitrogens is 1.